The fourth-order valence-corrected chi connectivity index (χ4v) is 5.26. The van der Waals surface area contributed by atoms with Crippen LogP contribution in [0.5, 0.6) is 0 Å². The van der Waals surface area contributed by atoms with Gasteiger partial charge in [0.15, 0.2) is 0 Å². The van der Waals surface area contributed by atoms with Crippen LogP contribution in [0.1, 0.15) is 83.5 Å². The lowest BCUT2D eigenvalue weighted by molar-refractivity contribution is -0.122. The van der Waals surface area contributed by atoms with Crippen LogP contribution < -0.4 is 10.6 Å². The van der Waals surface area contributed by atoms with Gasteiger partial charge in [-0.25, -0.2) is 4.79 Å². The Labute approximate surface area is 177 Å². The smallest absolute Gasteiger partial charge is 0.317 e. The quantitative estimate of drug-likeness (QED) is 0.680. The van der Waals surface area contributed by atoms with Gasteiger partial charge in [0.1, 0.15) is 0 Å². The molecule has 0 radical (unpaired) electrons. The van der Waals surface area contributed by atoms with Crippen LogP contribution in [0.25, 0.3) is 0 Å². The van der Waals surface area contributed by atoms with Crippen LogP contribution in [0.15, 0.2) is 0 Å². The van der Waals surface area contributed by atoms with E-state index in [4.69, 9.17) is 0 Å². The van der Waals surface area contributed by atoms with Gasteiger partial charge >= 0.3 is 6.03 Å². The second-order valence-electron chi connectivity index (χ2n) is 9.54. The van der Waals surface area contributed by atoms with E-state index in [0.29, 0.717) is 24.4 Å². The zero-order valence-electron chi connectivity index (χ0n) is 18.5. The lowest BCUT2D eigenvalue weighted by Crippen LogP contribution is -2.48. The number of rotatable bonds is 7. The molecule has 2 aliphatic carbocycles. The minimum Gasteiger partial charge on any atom is -0.355 e. The van der Waals surface area contributed by atoms with Crippen molar-refractivity contribution in [2.45, 2.75) is 95.6 Å². The summed E-state index contributed by atoms with van der Waals surface area (Å²) in [7, 11) is 2.19. The Kier molecular flexibility index (Phi) is 9.09. The van der Waals surface area contributed by atoms with Gasteiger partial charge < -0.3 is 20.4 Å². The van der Waals surface area contributed by atoms with Gasteiger partial charge in [0.2, 0.25) is 5.91 Å². The Morgan fingerprint density at radius 1 is 0.897 bits per heavy atom. The molecule has 0 aromatic carbocycles. The van der Waals surface area contributed by atoms with Crippen LogP contribution in [0.4, 0.5) is 4.79 Å². The van der Waals surface area contributed by atoms with Gasteiger partial charge in [-0.3, -0.25) is 4.79 Å². The zero-order chi connectivity index (χ0) is 20.5. The number of nitrogens with zero attached hydrogens (tertiary/aromatic N) is 2. The maximum Gasteiger partial charge on any atom is 0.317 e. The van der Waals surface area contributed by atoms with Crippen molar-refractivity contribution in [2.75, 3.05) is 33.2 Å². The first-order chi connectivity index (χ1) is 14.1. The van der Waals surface area contributed by atoms with Gasteiger partial charge in [-0.15, -0.1) is 0 Å². The van der Waals surface area contributed by atoms with Crippen molar-refractivity contribution >= 4 is 11.9 Å². The third-order valence-corrected chi connectivity index (χ3v) is 7.29. The number of nitrogens with one attached hydrogen (secondary N) is 2. The predicted molar refractivity (Wildman–Crippen MR) is 117 cm³/mol. The van der Waals surface area contributed by atoms with Crippen LogP contribution in [0, 0.1) is 5.92 Å². The average Bonchev–Trinajstić information content (AvgIpc) is 2.75. The minimum atomic E-state index is 0.102. The van der Waals surface area contributed by atoms with E-state index in [0.717, 1.165) is 51.9 Å². The molecule has 2 saturated carbocycles. The molecule has 0 bridgehead atoms. The molecule has 2 N–H and O–H groups in total. The molecule has 3 fully saturated rings. The lowest BCUT2D eigenvalue weighted by atomic mass is 9.93. The molecule has 0 spiro atoms. The standard InChI is InChI=1S/C23H42N4O2/c1-26(21-10-6-3-7-11-21)17-14-24-22(28)18-19-12-15-27(16-13-19)23(29)25-20-8-4-2-5-9-20/h19-21H,2-18H2,1H3,(H,24,28)(H,25,29). The average molecular weight is 407 g/mol. The first-order valence-electron chi connectivity index (χ1n) is 12.1. The number of likely N-dealkylation sites (N-methyl/N-ethyl adjacent to an activating group) is 1. The Morgan fingerprint density at radius 2 is 1.52 bits per heavy atom. The van der Waals surface area contributed by atoms with Crippen molar-refractivity contribution in [1.29, 1.82) is 0 Å². The van der Waals surface area contributed by atoms with Gasteiger partial charge in [-0.2, -0.15) is 0 Å². The fourth-order valence-electron chi connectivity index (χ4n) is 5.26. The van der Waals surface area contributed by atoms with Gasteiger partial charge in [-0.05, 0) is 51.5 Å². The second-order valence-corrected chi connectivity index (χ2v) is 9.54. The van der Waals surface area contributed by atoms with Crippen LogP contribution in [-0.4, -0.2) is 67.0 Å². The number of piperidine rings is 1. The van der Waals surface area contributed by atoms with E-state index in [-0.39, 0.29) is 11.9 Å². The Balaban J connectivity index is 1.26. The molecule has 1 heterocycles. The van der Waals surface area contributed by atoms with Crippen molar-refractivity contribution in [3.63, 3.8) is 0 Å². The minimum absolute atomic E-state index is 0.102. The van der Waals surface area contributed by atoms with Crippen molar-refractivity contribution < 1.29 is 9.59 Å². The number of carbonyl (C=O) groups excluding carboxylic acids is 2. The highest BCUT2D eigenvalue weighted by atomic mass is 16.2. The van der Waals surface area contributed by atoms with E-state index in [1.807, 2.05) is 4.90 Å². The van der Waals surface area contributed by atoms with Gasteiger partial charge in [0.05, 0.1) is 0 Å². The highest BCUT2D eigenvalue weighted by molar-refractivity contribution is 5.76. The monoisotopic (exact) mass is 406 g/mol. The summed E-state index contributed by atoms with van der Waals surface area (Å²) in [6.07, 6.45) is 15.2. The molecule has 0 unspecified atom stereocenters. The first kappa shape index (κ1) is 22.4. The van der Waals surface area contributed by atoms with Crippen molar-refractivity contribution in [3.05, 3.63) is 0 Å². The highest BCUT2D eigenvalue weighted by Gasteiger charge is 2.26. The van der Waals surface area contributed by atoms with E-state index in [1.54, 1.807) is 0 Å². The van der Waals surface area contributed by atoms with Crippen molar-refractivity contribution in [3.8, 4) is 0 Å². The summed E-state index contributed by atoms with van der Waals surface area (Å²) >= 11 is 0. The molecule has 0 aromatic heterocycles. The fraction of sp³-hybridized carbons (Fsp3) is 0.913. The van der Waals surface area contributed by atoms with E-state index < -0.39 is 0 Å². The summed E-state index contributed by atoms with van der Waals surface area (Å²) < 4.78 is 0. The maximum absolute atomic E-state index is 12.5. The molecule has 3 rings (SSSR count). The number of likely N-dealkylation sites (tertiary alicyclic amines) is 1. The van der Waals surface area contributed by atoms with Gasteiger partial charge in [-0.1, -0.05) is 38.5 Å². The molecular formula is C23H42N4O2. The van der Waals surface area contributed by atoms with Crippen LogP contribution >= 0.6 is 0 Å². The third-order valence-electron chi connectivity index (χ3n) is 7.29. The zero-order valence-corrected chi connectivity index (χ0v) is 18.5. The number of hydrogen-bond donors (Lipinski definition) is 2. The summed E-state index contributed by atoms with van der Waals surface area (Å²) in [5.74, 6) is 0.581. The normalized spacial score (nSPS) is 22.6. The Hall–Kier alpha value is -1.30. The van der Waals surface area contributed by atoms with Crippen LogP contribution in [-0.2, 0) is 4.79 Å². The van der Waals surface area contributed by atoms with Gasteiger partial charge in [0.25, 0.3) is 0 Å². The SMILES string of the molecule is CN(CCNC(=O)CC1CCN(C(=O)NC2CCCCC2)CC1)C1CCCCC1. The summed E-state index contributed by atoms with van der Waals surface area (Å²) in [4.78, 5) is 29.2. The molecule has 3 amide bonds. The van der Waals surface area contributed by atoms with Crippen molar-refractivity contribution in [2.24, 2.45) is 5.92 Å². The number of carbonyl (C=O) groups is 2. The molecule has 0 atom stereocenters. The second kappa shape index (κ2) is 11.8. The van der Waals surface area contributed by atoms with E-state index >= 15 is 0 Å². The van der Waals surface area contributed by atoms with E-state index in [1.165, 1.54) is 51.4 Å². The highest BCUT2D eigenvalue weighted by Crippen LogP contribution is 2.23. The molecule has 3 aliphatic rings. The molecular weight excluding hydrogens is 364 g/mol. The lowest BCUT2D eigenvalue weighted by Gasteiger charge is -2.34. The summed E-state index contributed by atoms with van der Waals surface area (Å²) in [5, 5.41) is 6.33. The van der Waals surface area contributed by atoms with Crippen molar-refractivity contribution in [1.82, 2.24) is 20.4 Å². The molecule has 166 valence electrons. The Bertz CT molecular complexity index is 507. The van der Waals surface area contributed by atoms with Crippen LogP contribution in [0.2, 0.25) is 0 Å². The van der Waals surface area contributed by atoms with E-state index in [9.17, 15) is 9.59 Å². The predicted octanol–water partition coefficient (Wildman–Crippen LogP) is 3.51. The summed E-state index contributed by atoms with van der Waals surface area (Å²) in [5.41, 5.74) is 0. The van der Waals surface area contributed by atoms with E-state index in [2.05, 4.69) is 22.6 Å². The first-order valence-corrected chi connectivity index (χ1v) is 12.1. The molecule has 6 nitrogen and oxygen atoms in total. The van der Waals surface area contributed by atoms with Gasteiger partial charge in [0, 0.05) is 44.7 Å². The maximum atomic E-state index is 12.5. The molecule has 1 saturated heterocycles. The largest absolute Gasteiger partial charge is 0.355 e. The number of amides is 3. The number of hydrogen-bond acceptors (Lipinski definition) is 3. The number of urea groups is 1. The summed E-state index contributed by atoms with van der Waals surface area (Å²) in [6.45, 7) is 3.24. The van der Waals surface area contributed by atoms with Crippen LogP contribution in [0.3, 0.4) is 0 Å². The third kappa shape index (κ3) is 7.47. The molecule has 6 heteroatoms. The molecule has 0 aromatic rings. The molecule has 1 aliphatic heterocycles. The molecule has 29 heavy (non-hydrogen) atoms. The Morgan fingerprint density at radius 3 is 2.17 bits per heavy atom. The topological polar surface area (TPSA) is 64.7 Å². The summed E-state index contributed by atoms with van der Waals surface area (Å²) in [6, 6.07) is 1.17.